The first-order valence-electron chi connectivity index (χ1n) is 12.5. The van der Waals surface area contributed by atoms with E-state index >= 15 is 0 Å². The van der Waals surface area contributed by atoms with Gasteiger partial charge in [0.15, 0.2) is 6.29 Å². The van der Waals surface area contributed by atoms with Crippen molar-refractivity contribution in [3.8, 4) is 11.8 Å². The molecule has 4 aliphatic rings. The zero-order valence-electron chi connectivity index (χ0n) is 20.3. The van der Waals surface area contributed by atoms with Crippen LogP contribution in [0.15, 0.2) is 42.5 Å². The summed E-state index contributed by atoms with van der Waals surface area (Å²) in [6.07, 6.45) is 7.77. The highest BCUT2D eigenvalue weighted by molar-refractivity contribution is 5.87. The number of hydrogen-bond donors (Lipinski definition) is 1. The smallest absolute Gasteiger partial charge is 0.335 e. The molecule has 4 bridgehead atoms. The quantitative estimate of drug-likeness (QED) is 0.406. The van der Waals surface area contributed by atoms with Crippen molar-refractivity contribution in [3.63, 3.8) is 0 Å². The maximum Gasteiger partial charge on any atom is 0.335 e. The molecule has 0 radical (unpaired) electrons. The number of carboxylic acid groups (broad SMARTS) is 1. The molecule has 4 saturated carbocycles. The summed E-state index contributed by atoms with van der Waals surface area (Å²) in [5, 5.41) is 9.12. The normalized spacial score (nSPS) is 28.7. The van der Waals surface area contributed by atoms with Crippen LogP contribution in [0.2, 0.25) is 0 Å². The average molecular weight is 459 g/mol. The molecular weight excluding hydrogens is 424 g/mol. The lowest BCUT2D eigenvalue weighted by molar-refractivity contribution is -0.141. The lowest BCUT2D eigenvalue weighted by atomic mass is 9.47. The lowest BCUT2D eigenvalue weighted by Crippen LogP contribution is -2.49. The van der Waals surface area contributed by atoms with E-state index in [0.717, 1.165) is 28.9 Å². The molecule has 0 aromatic heterocycles. The van der Waals surface area contributed by atoms with Gasteiger partial charge in [-0.15, -0.1) is 0 Å². The summed E-state index contributed by atoms with van der Waals surface area (Å²) in [5.41, 5.74) is 5.02. The second-order valence-electron chi connectivity index (χ2n) is 10.7. The number of methoxy groups -OCH3 is 1. The molecule has 34 heavy (non-hydrogen) atoms. The van der Waals surface area contributed by atoms with Crippen LogP contribution in [0.3, 0.4) is 0 Å². The van der Waals surface area contributed by atoms with Crippen LogP contribution in [0.25, 0.3) is 0 Å². The number of carboxylic acids is 1. The summed E-state index contributed by atoms with van der Waals surface area (Å²) in [7, 11) is 1.68. The zero-order chi connectivity index (χ0) is 23.9. The molecule has 4 aliphatic carbocycles. The number of hydrogen-bond acceptors (Lipinski definition) is 3. The van der Waals surface area contributed by atoms with E-state index in [1.807, 2.05) is 6.92 Å². The van der Waals surface area contributed by atoms with Gasteiger partial charge in [-0.2, -0.15) is 0 Å². The fourth-order valence-electron chi connectivity index (χ4n) is 7.15. The Balaban J connectivity index is 1.50. The van der Waals surface area contributed by atoms with Crippen LogP contribution in [0.4, 0.5) is 0 Å². The van der Waals surface area contributed by atoms with Gasteiger partial charge in [-0.1, -0.05) is 17.9 Å². The maximum absolute atomic E-state index is 11.1. The Labute approximate surface area is 202 Å². The first kappa shape index (κ1) is 23.1. The summed E-state index contributed by atoms with van der Waals surface area (Å²) in [6.45, 7) is 4.07. The van der Waals surface area contributed by atoms with Gasteiger partial charge < -0.3 is 14.6 Å². The number of carbonyl (C=O) groups is 1. The molecule has 0 aliphatic heterocycles. The fourth-order valence-corrected chi connectivity index (χ4v) is 7.15. The Morgan fingerprint density at radius 1 is 0.941 bits per heavy atom. The van der Waals surface area contributed by atoms with E-state index in [9.17, 15) is 4.79 Å². The van der Waals surface area contributed by atoms with Crippen LogP contribution in [0.1, 0.15) is 91.1 Å². The van der Waals surface area contributed by atoms with E-state index in [-0.39, 0.29) is 23.4 Å². The lowest BCUT2D eigenvalue weighted by Gasteiger charge is -2.57. The van der Waals surface area contributed by atoms with Crippen LogP contribution >= 0.6 is 0 Å². The monoisotopic (exact) mass is 458 g/mol. The molecule has 0 amide bonds. The number of ether oxygens (including phenoxy) is 2. The molecule has 178 valence electrons. The highest BCUT2D eigenvalue weighted by Crippen LogP contribution is 2.61. The minimum Gasteiger partial charge on any atom is -0.478 e. The fraction of sp³-hybridized carbons (Fsp3) is 0.500. The average Bonchev–Trinajstić information content (AvgIpc) is 2.82. The van der Waals surface area contributed by atoms with Crippen molar-refractivity contribution in [2.24, 2.45) is 17.8 Å². The van der Waals surface area contributed by atoms with E-state index in [2.05, 4.69) is 37.0 Å². The standard InChI is InChI=1S/C30H34O4/c1-19(34-20(2)33-3)27-11-8-22(5-4-21-6-9-26(10-7-21)29(31)32)15-28(27)30-16-23-12-24(17-30)14-25(13-23)18-30/h6-11,15,19-20,23-25H,12-14,16-18H2,1-3H3,(H,31,32). The molecule has 4 heteroatoms. The summed E-state index contributed by atoms with van der Waals surface area (Å²) in [5.74, 6) is 8.21. The van der Waals surface area contributed by atoms with Crippen molar-refractivity contribution in [1.82, 2.24) is 0 Å². The summed E-state index contributed by atoms with van der Waals surface area (Å²) in [4.78, 5) is 11.1. The molecule has 6 rings (SSSR count). The van der Waals surface area contributed by atoms with Gasteiger partial charge in [0.25, 0.3) is 0 Å². The third-order valence-electron chi connectivity index (χ3n) is 8.31. The molecular formula is C30H34O4. The van der Waals surface area contributed by atoms with Gasteiger partial charge in [-0.25, -0.2) is 4.79 Å². The predicted molar refractivity (Wildman–Crippen MR) is 132 cm³/mol. The van der Waals surface area contributed by atoms with Crippen molar-refractivity contribution in [2.75, 3.05) is 7.11 Å². The Morgan fingerprint density at radius 3 is 2.06 bits per heavy atom. The van der Waals surface area contributed by atoms with E-state index in [1.54, 1.807) is 31.4 Å². The van der Waals surface area contributed by atoms with Crippen molar-refractivity contribution in [1.29, 1.82) is 0 Å². The molecule has 4 fully saturated rings. The van der Waals surface area contributed by atoms with E-state index in [1.165, 1.54) is 49.7 Å². The maximum atomic E-state index is 11.1. The van der Waals surface area contributed by atoms with Crippen LogP contribution in [0, 0.1) is 29.6 Å². The molecule has 1 N–H and O–H groups in total. The topological polar surface area (TPSA) is 55.8 Å². The highest BCUT2D eigenvalue weighted by atomic mass is 16.7. The molecule has 2 unspecified atom stereocenters. The van der Waals surface area contributed by atoms with Crippen LogP contribution in [0.5, 0.6) is 0 Å². The Hall–Kier alpha value is -2.61. The molecule has 2 aromatic carbocycles. The molecule has 0 spiro atoms. The number of aromatic carboxylic acids is 1. The van der Waals surface area contributed by atoms with Gasteiger partial charge in [0, 0.05) is 18.2 Å². The molecule has 2 atom stereocenters. The number of rotatable bonds is 6. The summed E-state index contributed by atoms with van der Waals surface area (Å²) in [6, 6.07) is 13.4. The highest BCUT2D eigenvalue weighted by Gasteiger charge is 2.52. The first-order chi connectivity index (χ1) is 16.3. The van der Waals surface area contributed by atoms with Gasteiger partial charge >= 0.3 is 5.97 Å². The molecule has 2 aromatic rings. The molecule has 0 saturated heterocycles. The van der Waals surface area contributed by atoms with E-state index in [0.29, 0.717) is 0 Å². The molecule has 4 nitrogen and oxygen atoms in total. The second kappa shape index (κ2) is 9.21. The molecule has 0 heterocycles. The van der Waals surface area contributed by atoms with E-state index < -0.39 is 5.97 Å². The van der Waals surface area contributed by atoms with Crippen molar-refractivity contribution >= 4 is 5.97 Å². The summed E-state index contributed by atoms with van der Waals surface area (Å²) >= 11 is 0. The van der Waals surface area contributed by atoms with Gasteiger partial charge in [-0.3, -0.25) is 0 Å². The zero-order valence-corrected chi connectivity index (χ0v) is 20.3. The third kappa shape index (κ3) is 4.52. The Kier molecular flexibility index (Phi) is 6.27. The van der Waals surface area contributed by atoms with Crippen molar-refractivity contribution in [2.45, 2.75) is 70.2 Å². The van der Waals surface area contributed by atoms with E-state index in [4.69, 9.17) is 14.6 Å². The largest absolute Gasteiger partial charge is 0.478 e. The van der Waals surface area contributed by atoms with Gasteiger partial charge in [0.1, 0.15) is 0 Å². The van der Waals surface area contributed by atoms with Crippen LogP contribution in [-0.2, 0) is 14.9 Å². The van der Waals surface area contributed by atoms with Gasteiger partial charge in [0.05, 0.1) is 11.7 Å². The predicted octanol–water partition coefficient (Wildman–Crippen LogP) is 6.32. The first-order valence-corrected chi connectivity index (χ1v) is 12.5. The minimum absolute atomic E-state index is 0.0523. The van der Waals surface area contributed by atoms with Gasteiger partial charge in [0.2, 0.25) is 0 Å². The summed E-state index contributed by atoms with van der Waals surface area (Å²) < 4.78 is 11.6. The van der Waals surface area contributed by atoms with Crippen LogP contribution < -0.4 is 0 Å². The Morgan fingerprint density at radius 2 is 1.50 bits per heavy atom. The van der Waals surface area contributed by atoms with Crippen LogP contribution in [-0.4, -0.2) is 24.5 Å². The number of benzene rings is 2. The second-order valence-corrected chi connectivity index (χ2v) is 10.7. The van der Waals surface area contributed by atoms with Gasteiger partial charge in [-0.05, 0) is 123 Å². The van der Waals surface area contributed by atoms with Crippen molar-refractivity contribution < 1.29 is 19.4 Å². The van der Waals surface area contributed by atoms with Crippen molar-refractivity contribution in [3.05, 3.63) is 70.3 Å². The SMILES string of the molecule is COC(C)OC(C)c1ccc(C#Cc2ccc(C(=O)O)cc2)cc1C12CC3CC(CC(C3)C1)C2. The Bertz CT molecular complexity index is 1090. The minimum atomic E-state index is -0.922. The third-order valence-corrected chi connectivity index (χ3v) is 8.31.